The maximum absolute atomic E-state index is 9.26. The average Bonchev–Trinajstić information content (AvgIpc) is 2.85. The SMILES string of the molecule is CCn1cc(COc2ccc(O)cc2)c2ccccc21. The fourth-order valence-corrected chi connectivity index (χ4v) is 2.40. The van der Waals surface area contributed by atoms with E-state index in [9.17, 15) is 5.11 Å². The topological polar surface area (TPSA) is 34.4 Å². The number of aromatic hydroxyl groups is 1. The summed E-state index contributed by atoms with van der Waals surface area (Å²) >= 11 is 0. The molecule has 0 saturated carbocycles. The van der Waals surface area contributed by atoms with Gasteiger partial charge in [0.2, 0.25) is 0 Å². The van der Waals surface area contributed by atoms with Crippen LogP contribution < -0.4 is 4.74 Å². The van der Waals surface area contributed by atoms with Gasteiger partial charge in [-0.15, -0.1) is 0 Å². The van der Waals surface area contributed by atoms with Crippen molar-refractivity contribution in [3.05, 3.63) is 60.3 Å². The summed E-state index contributed by atoms with van der Waals surface area (Å²) in [7, 11) is 0. The number of phenolic OH excluding ortho intramolecular Hbond substituents is 1. The van der Waals surface area contributed by atoms with Gasteiger partial charge in [0.05, 0.1) is 0 Å². The Bertz CT molecular complexity index is 713. The summed E-state index contributed by atoms with van der Waals surface area (Å²) in [6.07, 6.45) is 2.14. The Kier molecular flexibility index (Phi) is 3.33. The minimum absolute atomic E-state index is 0.250. The molecule has 3 heteroatoms. The molecular formula is C17H17NO2. The van der Waals surface area contributed by atoms with E-state index in [1.165, 1.54) is 16.5 Å². The van der Waals surface area contributed by atoms with E-state index < -0.39 is 0 Å². The molecule has 0 radical (unpaired) electrons. The van der Waals surface area contributed by atoms with Crippen molar-refractivity contribution in [2.24, 2.45) is 0 Å². The van der Waals surface area contributed by atoms with Gasteiger partial charge in [-0.05, 0) is 37.3 Å². The van der Waals surface area contributed by atoms with Gasteiger partial charge in [-0.25, -0.2) is 0 Å². The lowest BCUT2D eigenvalue weighted by atomic mass is 10.2. The van der Waals surface area contributed by atoms with Gasteiger partial charge >= 0.3 is 0 Å². The van der Waals surface area contributed by atoms with Crippen LogP contribution in [0.4, 0.5) is 0 Å². The summed E-state index contributed by atoms with van der Waals surface area (Å²) in [5.41, 5.74) is 2.41. The molecule has 0 aliphatic carbocycles. The predicted molar refractivity (Wildman–Crippen MR) is 80.1 cm³/mol. The third-order valence-corrected chi connectivity index (χ3v) is 3.44. The van der Waals surface area contributed by atoms with Crippen molar-refractivity contribution in [2.75, 3.05) is 0 Å². The number of aromatic nitrogens is 1. The fraction of sp³-hybridized carbons (Fsp3) is 0.176. The van der Waals surface area contributed by atoms with Crippen LogP contribution in [0.15, 0.2) is 54.7 Å². The van der Waals surface area contributed by atoms with Gasteiger partial charge in [-0.1, -0.05) is 18.2 Å². The Hall–Kier alpha value is -2.42. The molecule has 0 aliphatic rings. The molecule has 0 fully saturated rings. The monoisotopic (exact) mass is 267 g/mol. The Morgan fingerprint density at radius 3 is 2.55 bits per heavy atom. The summed E-state index contributed by atoms with van der Waals surface area (Å²) in [6.45, 7) is 3.61. The average molecular weight is 267 g/mol. The lowest BCUT2D eigenvalue weighted by Gasteiger charge is -2.05. The van der Waals surface area contributed by atoms with Crippen LogP contribution in [0.25, 0.3) is 10.9 Å². The zero-order valence-corrected chi connectivity index (χ0v) is 11.4. The van der Waals surface area contributed by atoms with Crippen molar-refractivity contribution in [3.63, 3.8) is 0 Å². The molecule has 0 spiro atoms. The van der Waals surface area contributed by atoms with Gasteiger partial charge in [-0.3, -0.25) is 0 Å². The number of benzene rings is 2. The van der Waals surface area contributed by atoms with Crippen LogP contribution in [-0.2, 0) is 13.2 Å². The van der Waals surface area contributed by atoms with Crippen LogP contribution in [0.3, 0.4) is 0 Å². The van der Waals surface area contributed by atoms with Crippen molar-refractivity contribution >= 4 is 10.9 Å². The molecule has 1 heterocycles. The number of ether oxygens (including phenoxy) is 1. The second kappa shape index (κ2) is 5.29. The number of nitrogens with zero attached hydrogens (tertiary/aromatic N) is 1. The molecule has 0 bridgehead atoms. The molecule has 2 aromatic carbocycles. The largest absolute Gasteiger partial charge is 0.508 e. The van der Waals surface area contributed by atoms with E-state index in [1.807, 2.05) is 6.07 Å². The summed E-state index contributed by atoms with van der Waals surface area (Å²) in [5.74, 6) is 1.01. The molecule has 20 heavy (non-hydrogen) atoms. The minimum Gasteiger partial charge on any atom is -0.508 e. The highest BCUT2D eigenvalue weighted by Gasteiger charge is 2.07. The number of hydrogen-bond acceptors (Lipinski definition) is 2. The number of aryl methyl sites for hydroxylation is 1. The van der Waals surface area contributed by atoms with E-state index in [-0.39, 0.29) is 5.75 Å². The summed E-state index contributed by atoms with van der Waals surface area (Å²) in [4.78, 5) is 0. The van der Waals surface area contributed by atoms with E-state index in [0.717, 1.165) is 12.3 Å². The summed E-state index contributed by atoms with van der Waals surface area (Å²) in [6, 6.07) is 15.2. The Morgan fingerprint density at radius 2 is 1.80 bits per heavy atom. The standard InChI is InChI=1S/C17H17NO2/c1-2-18-11-13(16-5-3-4-6-17(16)18)12-20-15-9-7-14(19)8-10-15/h3-11,19H,2,12H2,1H3. The molecule has 0 unspecified atom stereocenters. The molecular weight excluding hydrogens is 250 g/mol. The number of fused-ring (bicyclic) bond motifs is 1. The van der Waals surface area contributed by atoms with Crippen LogP contribution in [0.5, 0.6) is 11.5 Å². The first-order valence-corrected chi connectivity index (χ1v) is 6.76. The van der Waals surface area contributed by atoms with Crippen molar-refractivity contribution < 1.29 is 9.84 Å². The van der Waals surface area contributed by atoms with Gasteiger partial charge in [0, 0.05) is 29.2 Å². The molecule has 1 N–H and O–H groups in total. The number of para-hydroxylation sites is 1. The molecule has 0 amide bonds. The zero-order valence-electron chi connectivity index (χ0n) is 11.4. The summed E-state index contributed by atoms with van der Waals surface area (Å²) in [5, 5.41) is 10.5. The maximum atomic E-state index is 9.26. The maximum Gasteiger partial charge on any atom is 0.120 e. The highest BCUT2D eigenvalue weighted by molar-refractivity contribution is 5.83. The molecule has 3 aromatic rings. The number of rotatable bonds is 4. The Balaban J connectivity index is 1.85. The van der Waals surface area contributed by atoms with Crippen LogP contribution in [0, 0.1) is 0 Å². The summed E-state index contributed by atoms with van der Waals surface area (Å²) < 4.78 is 8.02. The molecule has 0 aliphatic heterocycles. The minimum atomic E-state index is 0.250. The third kappa shape index (κ3) is 2.35. The first kappa shape index (κ1) is 12.6. The molecule has 1 aromatic heterocycles. The lowest BCUT2D eigenvalue weighted by Crippen LogP contribution is -1.94. The zero-order chi connectivity index (χ0) is 13.9. The molecule has 0 atom stereocenters. The van der Waals surface area contributed by atoms with E-state index in [1.54, 1.807) is 24.3 Å². The van der Waals surface area contributed by atoms with E-state index in [4.69, 9.17) is 4.74 Å². The van der Waals surface area contributed by atoms with Gasteiger partial charge in [0.1, 0.15) is 18.1 Å². The van der Waals surface area contributed by atoms with Crippen LogP contribution in [0.1, 0.15) is 12.5 Å². The number of phenols is 1. The van der Waals surface area contributed by atoms with Gasteiger partial charge in [-0.2, -0.15) is 0 Å². The lowest BCUT2D eigenvalue weighted by molar-refractivity contribution is 0.307. The Labute approximate surface area is 118 Å². The molecule has 0 saturated heterocycles. The van der Waals surface area contributed by atoms with Crippen molar-refractivity contribution in [2.45, 2.75) is 20.1 Å². The first-order chi connectivity index (χ1) is 9.78. The van der Waals surface area contributed by atoms with Crippen molar-refractivity contribution in [1.82, 2.24) is 4.57 Å². The molecule has 102 valence electrons. The van der Waals surface area contributed by atoms with Gasteiger partial charge in [0.25, 0.3) is 0 Å². The quantitative estimate of drug-likeness (QED) is 0.776. The van der Waals surface area contributed by atoms with Crippen LogP contribution in [0.2, 0.25) is 0 Å². The van der Waals surface area contributed by atoms with E-state index in [0.29, 0.717) is 6.61 Å². The first-order valence-electron chi connectivity index (χ1n) is 6.76. The highest BCUT2D eigenvalue weighted by atomic mass is 16.5. The molecule has 3 nitrogen and oxygen atoms in total. The van der Waals surface area contributed by atoms with E-state index >= 15 is 0 Å². The van der Waals surface area contributed by atoms with Crippen LogP contribution in [-0.4, -0.2) is 9.67 Å². The predicted octanol–water partition coefficient (Wildman–Crippen LogP) is 3.95. The number of hydrogen-bond donors (Lipinski definition) is 1. The second-order valence-electron chi connectivity index (χ2n) is 4.74. The van der Waals surface area contributed by atoms with Crippen molar-refractivity contribution in [3.8, 4) is 11.5 Å². The Morgan fingerprint density at radius 1 is 1.05 bits per heavy atom. The highest BCUT2D eigenvalue weighted by Crippen LogP contribution is 2.23. The normalized spacial score (nSPS) is 10.8. The van der Waals surface area contributed by atoms with Gasteiger partial charge in [0.15, 0.2) is 0 Å². The van der Waals surface area contributed by atoms with E-state index in [2.05, 4.69) is 35.9 Å². The van der Waals surface area contributed by atoms with Gasteiger partial charge < -0.3 is 14.4 Å². The van der Waals surface area contributed by atoms with Crippen LogP contribution >= 0.6 is 0 Å². The van der Waals surface area contributed by atoms with Crippen molar-refractivity contribution in [1.29, 1.82) is 0 Å². The smallest absolute Gasteiger partial charge is 0.120 e. The second-order valence-corrected chi connectivity index (χ2v) is 4.74. The third-order valence-electron chi connectivity index (χ3n) is 3.44. The fourth-order valence-electron chi connectivity index (χ4n) is 2.40. The molecule has 3 rings (SSSR count).